The van der Waals surface area contributed by atoms with Crippen LogP contribution in [0.4, 0.5) is 0 Å². The van der Waals surface area contributed by atoms with Gasteiger partial charge >= 0.3 is 5.97 Å². The summed E-state index contributed by atoms with van der Waals surface area (Å²) >= 11 is 0. The van der Waals surface area contributed by atoms with E-state index in [0.717, 1.165) is 0 Å². The first kappa shape index (κ1) is 39.5. The number of benzene rings is 2. The van der Waals surface area contributed by atoms with Crippen molar-refractivity contribution in [3.05, 3.63) is 53.1 Å². The van der Waals surface area contributed by atoms with E-state index >= 15 is 0 Å². The largest absolute Gasteiger partial charge is 0.493 e. The summed E-state index contributed by atoms with van der Waals surface area (Å²) in [5, 5.41) is 9.15. The lowest BCUT2D eigenvalue weighted by Gasteiger charge is -2.17. The quantitative estimate of drug-likeness (QED) is 0.244. The van der Waals surface area contributed by atoms with Crippen LogP contribution in [0.5, 0.6) is 17.2 Å². The van der Waals surface area contributed by atoms with Gasteiger partial charge in [0.15, 0.2) is 5.78 Å². The van der Waals surface area contributed by atoms with Gasteiger partial charge in [0.25, 0.3) is 0 Å². The minimum absolute atomic E-state index is 0. The Labute approximate surface area is 232 Å². The van der Waals surface area contributed by atoms with Crippen LogP contribution in [0.15, 0.2) is 36.4 Å². The predicted molar refractivity (Wildman–Crippen MR) is 160 cm³/mol. The second kappa shape index (κ2) is 19.1. The molecule has 0 saturated heterocycles. The third-order valence-electron chi connectivity index (χ3n) is 4.86. The molecular formula is C32H54O6. The molecule has 2 aromatic rings. The van der Waals surface area contributed by atoms with E-state index < -0.39 is 5.97 Å². The van der Waals surface area contributed by atoms with E-state index in [2.05, 4.69) is 13.8 Å². The van der Waals surface area contributed by atoms with Crippen LogP contribution in [0.2, 0.25) is 0 Å². The fourth-order valence-electron chi connectivity index (χ4n) is 3.13. The SMILES string of the molecule is C.C.C.C.CC(C)COc1ccc(C(=O)c2ccc(OCC(C)C)c(CCC(=O)O)c2)c(OCC(C)C)c1. The van der Waals surface area contributed by atoms with E-state index in [-0.39, 0.29) is 48.3 Å². The van der Waals surface area contributed by atoms with Gasteiger partial charge in [-0.2, -0.15) is 0 Å². The van der Waals surface area contributed by atoms with Crippen LogP contribution in [0.3, 0.4) is 0 Å². The maximum absolute atomic E-state index is 13.5. The third kappa shape index (κ3) is 13.0. The number of aliphatic carboxylic acids is 1. The zero-order valence-electron chi connectivity index (χ0n) is 21.2. The Balaban J connectivity index is -0.00000306. The van der Waals surface area contributed by atoms with E-state index in [1.165, 1.54) is 0 Å². The molecule has 0 aliphatic rings. The van der Waals surface area contributed by atoms with Crippen LogP contribution in [0, 0.1) is 17.8 Å². The van der Waals surface area contributed by atoms with Crippen molar-refractivity contribution in [1.82, 2.24) is 0 Å². The highest BCUT2D eigenvalue weighted by Crippen LogP contribution is 2.30. The molecule has 0 bridgehead atoms. The highest BCUT2D eigenvalue weighted by Gasteiger charge is 2.19. The van der Waals surface area contributed by atoms with Gasteiger partial charge in [-0.1, -0.05) is 71.2 Å². The van der Waals surface area contributed by atoms with Crippen molar-refractivity contribution in [3.8, 4) is 17.2 Å². The van der Waals surface area contributed by atoms with Crippen molar-refractivity contribution in [3.63, 3.8) is 0 Å². The molecule has 0 unspecified atom stereocenters. The fraction of sp³-hybridized carbons (Fsp3) is 0.562. The first-order chi connectivity index (χ1) is 16.1. The normalized spacial score (nSPS) is 10.0. The van der Waals surface area contributed by atoms with E-state index in [4.69, 9.17) is 19.3 Å². The number of ketones is 1. The van der Waals surface area contributed by atoms with Gasteiger partial charge in [0, 0.05) is 18.1 Å². The van der Waals surface area contributed by atoms with Crippen molar-refractivity contribution in [2.75, 3.05) is 19.8 Å². The number of carbonyl (C=O) groups is 2. The van der Waals surface area contributed by atoms with Crippen LogP contribution in [0.25, 0.3) is 0 Å². The summed E-state index contributed by atoms with van der Waals surface area (Å²) in [6.07, 6.45) is 0.239. The lowest BCUT2D eigenvalue weighted by molar-refractivity contribution is -0.136. The van der Waals surface area contributed by atoms with Crippen molar-refractivity contribution >= 4 is 11.8 Å². The van der Waals surface area contributed by atoms with Crippen LogP contribution in [0.1, 0.15) is 99.2 Å². The van der Waals surface area contributed by atoms with E-state index in [9.17, 15) is 9.59 Å². The molecule has 6 heteroatoms. The number of rotatable bonds is 14. The van der Waals surface area contributed by atoms with Crippen LogP contribution < -0.4 is 14.2 Å². The summed E-state index contributed by atoms with van der Waals surface area (Å²) in [6, 6.07) is 10.5. The molecule has 0 heterocycles. The summed E-state index contributed by atoms with van der Waals surface area (Å²) in [4.78, 5) is 24.6. The summed E-state index contributed by atoms with van der Waals surface area (Å²) in [5.41, 5.74) is 1.61. The molecule has 38 heavy (non-hydrogen) atoms. The molecule has 218 valence electrons. The van der Waals surface area contributed by atoms with E-state index in [0.29, 0.717) is 71.5 Å². The van der Waals surface area contributed by atoms with Gasteiger partial charge in [-0.05, 0) is 60.1 Å². The molecule has 2 rings (SSSR count). The van der Waals surface area contributed by atoms with Gasteiger partial charge in [-0.25, -0.2) is 0 Å². The molecular weight excluding hydrogens is 480 g/mol. The number of carbonyl (C=O) groups excluding carboxylic acids is 1. The first-order valence-corrected chi connectivity index (χ1v) is 12.0. The maximum atomic E-state index is 13.5. The molecule has 0 saturated carbocycles. The Hall–Kier alpha value is -3.02. The molecule has 1 N–H and O–H groups in total. The standard InChI is InChI=1S/C28H38O6.4CH4/c1-18(2)15-32-23-9-10-24(26(14-23)34-17-20(5)6)28(31)22-7-11-25(33-16-19(3)4)21(13-22)8-12-27(29)30;;;;/h7,9-11,13-14,18-20H,8,12,15-17H2,1-6H3,(H,29,30);4*1H4. The highest BCUT2D eigenvalue weighted by molar-refractivity contribution is 6.11. The van der Waals surface area contributed by atoms with Crippen LogP contribution >= 0.6 is 0 Å². The zero-order chi connectivity index (χ0) is 25.3. The minimum Gasteiger partial charge on any atom is -0.493 e. The predicted octanol–water partition coefficient (Wildman–Crippen LogP) is 8.58. The molecule has 0 atom stereocenters. The van der Waals surface area contributed by atoms with Gasteiger partial charge in [-0.3, -0.25) is 9.59 Å². The lowest BCUT2D eigenvalue weighted by atomic mass is 9.98. The highest BCUT2D eigenvalue weighted by atomic mass is 16.5. The molecule has 0 spiro atoms. The Morgan fingerprint density at radius 3 is 1.76 bits per heavy atom. The second-order valence-corrected chi connectivity index (χ2v) is 9.82. The Morgan fingerprint density at radius 2 is 1.24 bits per heavy atom. The molecule has 0 fully saturated rings. The van der Waals surface area contributed by atoms with Gasteiger partial charge in [-0.15, -0.1) is 0 Å². The molecule has 0 aliphatic heterocycles. The Kier molecular flexibility index (Phi) is 19.9. The van der Waals surface area contributed by atoms with Crippen molar-refractivity contribution < 1.29 is 28.9 Å². The van der Waals surface area contributed by atoms with Gasteiger partial charge in [0.05, 0.1) is 25.4 Å². The van der Waals surface area contributed by atoms with Gasteiger partial charge in [0.1, 0.15) is 17.2 Å². The average molecular weight is 535 g/mol. The molecule has 0 aliphatic carbocycles. The van der Waals surface area contributed by atoms with Crippen molar-refractivity contribution in [1.29, 1.82) is 0 Å². The Bertz CT molecular complexity index is 962. The molecule has 0 radical (unpaired) electrons. The summed E-state index contributed by atoms with van der Waals surface area (Å²) < 4.78 is 17.7. The van der Waals surface area contributed by atoms with Crippen molar-refractivity contribution in [2.45, 2.75) is 84.1 Å². The van der Waals surface area contributed by atoms with E-state index in [1.807, 2.05) is 27.7 Å². The molecule has 2 aromatic carbocycles. The molecule has 0 amide bonds. The average Bonchev–Trinajstić information content (AvgIpc) is 2.78. The maximum Gasteiger partial charge on any atom is 0.303 e. The summed E-state index contributed by atoms with van der Waals surface area (Å²) in [6.45, 7) is 13.9. The smallest absolute Gasteiger partial charge is 0.303 e. The molecule has 6 nitrogen and oxygen atoms in total. The first-order valence-electron chi connectivity index (χ1n) is 12.0. The van der Waals surface area contributed by atoms with Gasteiger partial charge in [0.2, 0.25) is 0 Å². The number of hydrogen-bond acceptors (Lipinski definition) is 5. The summed E-state index contributed by atoms with van der Waals surface area (Å²) in [7, 11) is 0. The number of aryl methyl sites for hydroxylation is 1. The lowest BCUT2D eigenvalue weighted by Crippen LogP contribution is -2.12. The number of hydrogen-bond donors (Lipinski definition) is 1. The number of carboxylic acids is 1. The summed E-state index contributed by atoms with van der Waals surface area (Å²) in [5.74, 6) is 1.65. The zero-order valence-corrected chi connectivity index (χ0v) is 21.2. The number of ether oxygens (including phenoxy) is 3. The Morgan fingerprint density at radius 1 is 0.711 bits per heavy atom. The minimum atomic E-state index is -0.895. The van der Waals surface area contributed by atoms with Gasteiger partial charge < -0.3 is 19.3 Å². The fourth-order valence-corrected chi connectivity index (χ4v) is 3.13. The van der Waals surface area contributed by atoms with Crippen molar-refractivity contribution in [2.24, 2.45) is 17.8 Å². The number of carboxylic acid groups (broad SMARTS) is 1. The van der Waals surface area contributed by atoms with Crippen LogP contribution in [-0.4, -0.2) is 36.7 Å². The topological polar surface area (TPSA) is 82.1 Å². The second-order valence-electron chi connectivity index (χ2n) is 9.82. The monoisotopic (exact) mass is 534 g/mol. The molecule has 0 aromatic heterocycles. The van der Waals surface area contributed by atoms with Crippen LogP contribution in [-0.2, 0) is 11.2 Å². The van der Waals surface area contributed by atoms with E-state index in [1.54, 1.807) is 36.4 Å². The third-order valence-corrected chi connectivity index (χ3v) is 4.86.